The monoisotopic (exact) mass is 258 g/mol. The van der Waals surface area contributed by atoms with Gasteiger partial charge >= 0.3 is 0 Å². The van der Waals surface area contributed by atoms with E-state index in [1.807, 2.05) is 22.8 Å². The van der Waals surface area contributed by atoms with Crippen LogP contribution in [-0.4, -0.2) is 19.6 Å². The van der Waals surface area contributed by atoms with Gasteiger partial charge in [0.1, 0.15) is 5.01 Å². The molecular weight excluding hydrogens is 244 g/mol. The number of hydrogen-bond donors (Lipinski definition) is 0. The standard InChI is InChI=1S/C13H14N4S/c1-9(2)7-12-16-17-8-11(15-13(17)18-12)10-3-5-14-6-4-10/h3-6,8-9H,7H2,1-2H3. The molecule has 3 aromatic heterocycles. The Bertz CT molecular complexity index is 622. The second-order valence-electron chi connectivity index (χ2n) is 4.68. The van der Waals surface area contributed by atoms with Crippen LogP contribution in [0, 0.1) is 5.92 Å². The van der Waals surface area contributed by atoms with E-state index in [-0.39, 0.29) is 0 Å². The van der Waals surface area contributed by atoms with Crippen molar-refractivity contribution in [3.05, 3.63) is 35.7 Å². The van der Waals surface area contributed by atoms with Crippen LogP contribution in [-0.2, 0) is 6.42 Å². The summed E-state index contributed by atoms with van der Waals surface area (Å²) in [6.45, 7) is 4.40. The highest BCUT2D eigenvalue weighted by molar-refractivity contribution is 7.16. The zero-order valence-corrected chi connectivity index (χ0v) is 11.2. The molecule has 18 heavy (non-hydrogen) atoms. The molecule has 0 radical (unpaired) electrons. The highest BCUT2D eigenvalue weighted by Gasteiger charge is 2.10. The first kappa shape index (κ1) is 11.3. The summed E-state index contributed by atoms with van der Waals surface area (Å²) in [6.07, 6.45) is 6.55. The molecule has 0 unspecified atom stereocenters. The van der Waals surface area contributed by atoms with Crippen molar-refractivity contribution in [2.45, 2.75) is 20.3 Å². The second kappa shape index (κ2) is 4.49. The summed E-state index contributed by atoms with van der Waals surface area (Å²) in [4.78, 5) is 9.57. The lowest BCUT2D eigenvalue weighted by Crippen LogP contribution is -1.94. The highest BCUT2D eigenvalue weighted by Crippen LogP contribution is 2.22. The van der Waals surface area contributed by atoms with Crippen LogP contribution in [0.3, 0.4) is 0 Å². The van der Waals surface area contributed by atoms with E-state index >= 15 is 0 Å². The zero-order valence-electron chi connectivity index (χ0n) is 10.4. The van der Waals surface area contributed by atoms with Crippen LogP contribution in [0.1, 0.15) is 18.9 Å². The quantitative estimate of drug-likeness (QED) is 0.725. The molecule has 0 aliphatic carbocycles. The SMILES string of the molecule is CC(C)Cc1nn2cc(-c3ccncc3)nc2s1. The van der Waals surface area contributed by atoms with E-state index in [1.54, 1.807) is 23.7 Å². The minimum Gasteiger partial charge on any atom is -0.265 e. The molecule has 0 saturated heterocycles. The molecule has 0 atom stereocenters. The van der Waals surface area contributed by atoms with Gasteiger partial charge in [-0.25, -0.2) is 9.50 Å². The van der Waals surface area contributed by atoms with Crippen LogP contribution >= 0.6 is 11.3 Å². The van der Waals surface area contributed by atoms with Gasteiger partial charge in [-0.3, -0.25) is 4.98 Å². The van der Waals surface area contributed by atoms with Crippen molar-refractivity contribution in [1.82, 2.24) is 19.6 Å². The van der Waals surface area contributed by atoms with Gasteiger partial charge in [0.05, 0.1) is 11.9 Å². The lowest BCUT2D eigenvalue weighted by atomic mass is 10.1. The molecule has 0 aliphatic rings. The maximum Gasteiger partial charge on any atom is 0.212 e. The van der Waals surface area contributed by atoms with Crippen LogP contribution in [0.25, 0.3) is 16.2 Å². The first-order chi connectivity index (χ1) is 8.72. The van der Waals surface area contributed by atoms with Gasteiger partial charge in [-0.05, 0) is 18.1 Å². The summed E-state index contributed by atoms with van der Waals surface area (Å²) in [5.74, 6) is 0.625. The number of fused-ring (bicyclic) bond motifs is 1. The third kappa shape index (κ3) is 2.13. The third-order valence-corrected chi connectivity index (χ3v) is 3.59. The van der Waals surface area contributed by atoms with Gasteiger partial charge in [-0.1, -0.05) is 25.2 Å². The first-order valence-electron chi connectivity index (χ1n) is 5.98. The number of nitrogens with zero attached hydrogens (tertiary/aromatic N) is 4. The van der Waals surface area contributed by atoms with Crippen molar-refractivity contribution in [2.75, 3.05) is 0 Å². The largest absolute Gasteiger partial charge is 0.265 e. The summed E-state index contributed by atoms with van der Waals surface area (Å²) in [7, 11) is 0. The molecular formula is C13H14N4S. The second-order valence-corrected chi connectivity index (χ2v) is 5.72. The van der Waals surface area contributed by atoms with E-state index in [0.29, 0.717) is 5.92 Å². The molecule has 0 bridgehead atoms. The molecule has 3 heterocycles. The van der Waals surface area contributed by atoms with Gasteiger partial charge in [-0.15, -0.1) is 0 Å². The Morgan fingerprint density at radius 1 is 1.28 bits per heavy atom. The molecule has 0 spiro atoms. The third-order valence-electron chi connectivity index (χ3n) is 2.64. The zero-order chi connectivity index (χ0) is 12.5. The van der Waals surface area contributed by atoms with E-state index < -0.39 is 0 Å². The number of rotatable bonds is 3. The maximum atomic E-state index is 4.60. The summed E-state index contributed by atoms with van der Waals surface area (Å²) in [6, 6.07) is 3.92. The van der Waals surface area contributed by atoms with Gasteiger partial charge in [0.25, 0.3) is 0 Å². The molecule has 92 valence electrons. The molecule has 0 aliphatic heterocycles. The van der Waals surface area contributed by atoms with Crippen LogP contribution in [0.5, 0.6) is 0 Å². The highest BCUT2D eigenvalue weighted by atomic mass is 32.1. The topological polar surface area (TPSA) is 43.1 Å². The van der Waals surface area contributed by atoms with Crippen molar-refractivity contribution in [3.63, 3.8) is 0 Å². The molecule has 0 N–H and O–H groups in total. The van der Waals surface area contributed by atoms with Crippen molar-refractivity contribution in [2.24, 2.45) is 5.92 Å². The Hall–Kier alpha value is -1.75. The van der Waals surface area contributed by atoms with E-state index in [0.717, 1.165) is 27.6 Å². The minimum absolute atomic E-state index is 0.625. The van der Waals surface area contributed by atoms with Gasteiger partial charge in [0, 0.05) is 24.4 Å². The Kier molecular flexibility index (Phi) is 2.83. The fourth-order valence-electron chi connectivity index (χ4n) is 1.83. The number of aromatic nitrogens is 4. The van der Waals surface area contributed by atoms with Gasteiger partial charge in [-0.2, -0.15) is 5.10 Å². The number of pyridine rings is 1. The average molecular weight is 258 g/mol. The molecule has 0 aromatic carbocycles. The van der Waals surface area contributed by atoms with Crippen LogP contribution in [0.2, 0.25) is 0 Å². The Morgan fingerprint density at radius 2 is 2.06 bits per heavy atom. The van der Waals surface area contributed by atoms with Crippen molar-refractivity contribution in [3.8, 4) is 11.3 Å². The number of imidazole rings is 1. The van der Waals surface area contributed by atoms with E-state index in [4.69, 9.17) is 0 Å². The van der Waals surface area contributed by atoms with Crippen molar-refractivity contribution in [1.29, 1.82) is 0 Å². The fraction of sp³-hybridized carbons (Fsp3) is 0.308. The van der Waals surface area contributed by atoms with Gasteiger partial charge in [0.2, 0.25) is 4.96 Å². The molecule has 0 saturated carbocycles. The lowest BCUT2D eigenvalue weighted by molar-refractivity contribution is 0.637. The molecule has 3 aromatic rings. The predicted octanol–water partition coefficient (Wildman–Crippen LogP) is 3.05. The average Bonchev–Trinajstić information content (AvgIpc) is 2.87. The lowest BCUT2D eigenvalue weighted by Gasteiger charge is -1.97. The van der Waals surface area contributed by atoms with Crippen LogP contribution < -0.4 is 0 Å². The summed E-state index contributed by atoms with van der Waals surface area (Å²) in [5, 5.41) is 5.70. The molecule has 5 heteroatoms. The first-order valence-corrected chi connectivity index (χ1v) is 6.79. The Morgan fingerprint density at radius 3 is 2.72 bits per heavy atom. The molecule has 4 nitrogen and oxygen atoms in total. The molecule has 3 rings (SSSR count). The van der Waals surface area contributed by atoms with Crippen molar-refractivity contribution < 1.29 is 0 Å². The smallest absolute Gasteiger partial charge is 0.212 e. The Labute approximate surface area is 109 Å². The van der Waals surface area contributed by atoms with Gasteiger partial charge in [0.15, 0.2) is 0 Å². The van der Waals surface area contributed by atoms with Gasteiger partial charge < -0.3 is 0 Å². The molecule has 0 fully saturated rings. The van der Waals surface area contributed by atoms with Crippen LogP contribution in [0.15, 0.2) is 30.7 Å². The molecule has 0 amide bonds. The van der Waals surface area contributed by atoms with E-state index in [2.05, 4.69) is 28.9 Å². The Balaban J connectivity index is 1.96. The summed E-state index contributed by atoms with van der Waals surface area (Å²) >= 11 is 1.67. The van der Waals surface area contributed by atoms with Crippen LogP contribution in [0.4, 0.5) is 0 Å². The normalized spacial score (nSPS) is 11.5. The fourth-order valence-corrected chi connectivity index (χ4v) is 2.92. The number of hydrogen-bond acceptors (Lipinski definition) is 4. The predicted molar refractivity (Wildman–Crippen MR) is 72.6 cm³/mol. The summed E-state index contributed by atoms with van der Waals surface area (Å²) < 4.78 is 1.87. The van der Waals surface area contributed by atoms with E-state index in [1.165, 1.54) is 0 Å². The minimum atomic E-state index is 0.625. The maximum absolute atomic E-state index is 4.60. The summed E-state index contributed by atoms with van der Waals surface area (Å²) in [5.41, 5.74) is 2.03. The van der Waals surface area contributed by atoms with E-state index in [9.17, 15) is 0 Å². The van der Waals surface area contributed by atoms with Crippen molar-refractivity contribution >= 4 is 16.3 Å².